The number of fused-ring (bicyclic) bond motifs is 2. The van der Waals surface area contributed by atoms with E-state index in [-0.39, 0.29) is 0 Å². The third-order valence-corrected chi connectivity index (χ3v) is 6.40. The molecule has 0 aliphatic heterocycles. The van der Waals surface area contributed by atoms with Gasteiger partial charge in [0.1, 0.15) is 0 Å². The SMILES string of the molecule is c1cc2c3ccc4cc5ccc6c7ccc8cc1c2c(c87)c(c43)c56. The first-order valence-electron chi connectivity index (χ1n) is 8.55. The molecule has 0 atom stereocenters. The maximum Gasteiger partial charge on any atom is -0.000138 e. The fourth-order valence-electron chi connectivity index (χ4n) is 5.56. The first-order chi connectivity index (χ1) is 11.9. The molecule has 0 radical (unpaired) electrons. The van der Waals surface area contributed by atoms with Crippen molar-refractivity contribution in [2.24, 2.45) is 0 Å². The summed E-state index contributed by atoms with van der Waals surface area (Å²) in [4.78, 5) is 0. The van der Waals surface area contributed by atoms with Gasteiger partial charge in [0, 0.05) is 0 Å². The van der Waals surface area contributed by atoms with E-state index in [1.807, 2.05) is 0 Å². The van der Waals surface area contributed by atoms with Crippen molar-refractivity contribution in [1.82, 2.24) is 0 Å². The molecular formula is C24H10. The van der Waals surface area contributed by atoms with Gasteiger partial charge in [-0.3, -0.25) is 0 Å². The Labute approximate surface area is 136 Å². The summed E-state index contributed by atoms with van der Waals surface area (Å²) in [6.45, 7) is 0. The minimum atomic E-state index is 1.39. The zero-order valence-electron chi connectivity index (χ0n) is 12.8. The smallest absolute Gasteiger partial charge is 0.000138 e. The average Bonchev–Trinajstić information content (AvgIpc) is 3.35. The van der Waals surface area contributed by atoms with Gasteiger partial charge in [-0.05, 0) is 87.5 Å². The van der Waals surface area contributed by atoms with Crippen LogP contribution < -0.4 is 0 Å². The highest BCUT2D eigenvalue weighted by Gasteiger charge is 2.23. The van der Waals surface area contributed by atoms with E-state index in [4.69, 9.17) is 0 Å². The van der Waals surface area contributed by atoms with Crippen LogP contribution in [0.5, 0.6) is 0 Å². The standard InChI is InChI=1S/C24H10/c1-5-15-16-6-3-13-10-14-4-8-18-17-7-2-12-9-11(1)19(15)23(20(12)17)24(21(13)16)22(14)18/h1-10H. The zero-order chi connectivity index (χ0) is 15.2. The highest BCUT2D eigenvalue weighted by atomic mass is 14.3. The molecule has 0 saturated heterocycles. The fourth-order valence-corrected chi connectivity index (χ4v) is 5.56. The monoisotopic (exact) mass is 298 g/mol. The maximum atomic E-state index is 2.38. The molecule has 8 rings (SSSR count). The van der Waals surface area contributed by atoms with Crippen LogP contribution in [0.2, 0.25) is 0 Å². The van der Waals surface area contributed by atoms with Crippen molar-refractivity contribution in [3.8, 4) is 0 Å². The van der Waals surface area contributed by atoms with Gasteiger partial charge in [-0.1, -0.05) is 48.5 Å². The van der Waals surface area contributed by atoms with Crippen LogP contribution in [0, 0.1) is 0 Å². The Balaban J connectivity index is 2.05. The quantitative estimate of drug-likeness (QED) is 0.266. The first-order valence-corrected chi connectivity index (χ1v) is 8.55. The lowest BCUT2D eigenvalue weighted by atomic mass is 9.88. The lowest BCUT2D eigenvalue weighted by Gasteiger charge is -2.14. The summed E-state index contributed by atoms with van der Waals surface area (Å²) >= 11 is 0. The molecule has 0 bridgehead atoms. The van der Waals surface area contributed by atoms with Gasteiger partial charge >= 0.3 is 0 Å². The molecule has 0 N–H and O–H groups in total. The molecule has 0 aliphatic carbocycles. The molecule has 8 aromatic rings. The normalized spacial score (nSPS) is 13.8. The Bertz CT molecular complexity index is 1440. The van der Waals surface area contributed by atoms with Crippen LogP contribution >= 0.6 is 0 Å². The Kier molecular flexibility index (Phi) is 1.31. The molecule has 0 nitrogen and oxygen atoms in total. The maximum absolute atomic E-state index is 2.38. The topological polar surface area (TPSA) is 0 Å². The van der Waals surface area contributed by atoms with E-state index in [2.05, 4.69) is 60.7 Å². The highest BCUT2D eigenvalue weighted by Crippen LogP contribution is 2.52. The lowest BCUT2D eigenvalue weighted by Crippen LogP contribution is -1.85. The molecule has 0 heterocycles. The van der Waals surface area contributed by atoms with Crippen LogP contribution in [0.1, 0.15) is 0 Å². The third kappa shape index (κ3) is 0.838. The van der Waals surface area contributed by atoms with E-state index >= 15 is 0 Å². The second-order valence-electron chi connectivity index (χ2n) is 7.35. The van der Waals surface area contributed by atoms with E-state index in [0.29, 0.717) is 0 Å². The van der Waals surface area contributed by atoms with Crippen molar-refractivity contribution in [2.45, 2.75) is 0 Å². The molecule has 106 valence electrons. The van der Waals surface area contributed by atoms with Gasteiger partial charge in [0.2, 0.25) is 0 Å². The minimum Gasteiger partial charge on any atom is -0.0537 e. The largest absolute Gasteiger partial charge is 0.0537 e. The molecule has 0 heteroatoms. The molecular weight excluding hydrogens is 288 g/mol. The van der Waals surface area contributed by atoms with Gasteiger partial charge in [-0.2, -0.15) is 0 Å². The molecule has 8 aromatic carbocycles. The van der Waals surface area contributed by atoms with Gasteiger partial charge in [0.25, 0.3) is 0 Å². The van der Waals surface area contributed by atoms with Crippen LogP contribution in [0.4, 0.5) is 0 Å². The van der Waals surface area contributed by atoms with Crippen molar-refractivity contribution in [3.05, 3.63) is 60.7 Å². The number of hydrogen-bond acceptors (Lipinski definition) is 0. The van der Waals surface area contributed by atoms with Crippen molar-refractivity contribution in [1.29, 1.82) is 0 Å². The Morgan fingerprint density at radius 2 is 0.583 bits per heavy atom. The van der Waals surface area contributed by atoms with Crippen molar-refractivity contribution < 1.29 is 0 Å². The lowest BCUT2D eigenvalue weighted by molar-refractivity contribution is 2.03. The number of benzene rings is 4. The van der Waals surface area contributed by atoms with Gasteiger partial charge in [-0.25, -0.2) is 0 Å². The Morgan fingerprint density at radius 3 is 0.875 bits per heavy atom. The number of rotatable bonds is 0. The molecule has 0 aromatic heterocycles. The molecule has 0 aliphatic rings. The van der Waals surface area contributed by atoms with Gasteiger partial charge < -0.3 is 0 Å². The van der Waals surface area contributed by atoms with E-state index in [9.17, 15) is 0 Å². The van der Waals surface area contributed by atoms with E-state index in [1.165, 1.54) is 75.4 Å². The Hall–Kier alpha value is -3.12. The molecule has 0 amide bonds. The zero-order valence-corrected chi connectivity index (χ0v) is 12.8. The summed E-state index contributed by atoms with van der Waals surface area (Å²) in [5, 5.41) is 20.1. The van der Waals surface area contributed by atoms with Crippen molar-refractivity contribution in [3.63, 3.8) is 0 Å². The number of hydrogen-bond donors (Lipinski definition) is 0. The molecule has 0 fully saturated rings. The Morgan fingerprint density at radius 1 is 0.292 bits per heavy atom. The molecule has 0 saturated carbocycles. The van der Waals surface area contributed by atoms with E-state index < -0.39 is 0 Å². The van der Waals surface area contributed by atoms with Crippen LogP contribution in [0.15, 0.2) is 60.7 Å². The van der Waals surface area contributed by atoms with Crippen LogP contribution in [-0.4, -0.2) is 0 Å². The highest BCUT2D eigenvalue weighted by molar-refractivity contribution is 6.49. The van der Waals surface area contributed by atoms with Gasteiger partial charge in [0.15, 0.2) is 0 Å². The van der Waals surface area contributed by atoms with Crippen LogP contribution in [0.3, 0.4) is 0 Å². The van der Waals surface area contributed by atoms with E-state index in [0.717, 1.165) is 0 Å². The first kappa shape index (κ1) is 10.6. The van der Waals surface area contributed by atoms with Gasteiger partial charge in [0.05, 0.1) is 0 Å². The predicted molar refractivity (Wildman–Crippen MR) is 105 cm³/mol. The second kappa shape index (κ2) is 2.97. The average molecular weight is 298 g/mol. The summed E-state index contributed by atoms with van der Waals surface area (Å²) in [7, 11) is 0. The summed E-state index contributed by atoms with van der Waals surface area (Å²) in [5.41, 5.74) is 0. The summed E-state index contributed by atoms with van der Waals surface area (Å²) in [6, 6.07) is 23.2. The predicted octanol–water partition coefficient (Wildman–Crippen LogP) is 6.95. The molecule has 0 spiro atoms. The molecule has 0 unspecified atom stereocenters. The van der Waals surface area contributed by atoms with Crippen LogP contribution in [-0.2, 0) is 0 Å². The van der Waals surface area contributed by atoms with Crippen molar-refractivity contribution in [2.75, 3.05) is 0 Å². The third-order valence-electron chi connectivity index (χ3n) is 6.40. The summed E-state index contributed by atoms with van der Waals surface area (Å²) < 4.78 is 0. The molecule has 24 heavy (non-hydrogen) atoms. The summed E-state index contributed by atoms with van der Waals surface area (Å²) in [6.07, 6.45) is 0. The van der Waals surface area contributed by atoms with Crippen molar-refractivity contribution >= 4 is 75.4 Å². The minimum absolute atomic E-state index is 1.39. The summed E-state index contributed by atoms with van der Waals surface area (Å²) in [5.74, 6) is 0. The van der Waals surface area contributed by atoms with Crippen LogP contribution in [0.25, 0.3) is 75.4 Å². The van der Waals surface area contributed by atoms with Gasteiger partial charge in [-0.15, -0.1) is 0 Å². The van der Waals surface area contributed by atoms with E-state index in [1.54, 1.807) is 0 Å². The second-order valence-corrected chi connectivity index (χ2v) is 7.35. The fraction of sp³-hybridized carbons (Fsp3) is 0.